The summed E-state index contributed by atoms with van der Waals surface area (Å²) in [5.74, 6) is 0.854. The van der Waals surface area contributed by atoms with E-state index in [1.54, 1.807) is 4.68 Å². The molecule has 0 aliphatic rings. The van der Waals surface area contributed by atoms with Crippen LogP contribution in [-0.2, 0) is 6.67 Å². The highest BCUT2D eigenvalue weighted by atomic mass is 16.6. The number of hydrogen-bond acceptors (Lipinski definition) is 6. The highest BCUT2D eigenvalue weighted by molar-refractivity contribution is 5.80. The van der Waals surface area contributed by atoms with Crippen molar-refractivity contribution in [3.05, 3.63) is 57.9 Å². The van der Waals surface area contributed by atoms with Gasteiger partial charge in [0.15, 0.2) is 5.65 Å². The Balaban J connectivity index is 1.64. The van der Waals surface area contributed by atoms with E-state index in [9.17, 15) is 10.1 Å². The predicted molar refractivity (Wildman–Crippen MR) is 98.2 cm³/mol. The molecule has 26 heavy (non-hydrogen) atoms. The topological polar surface area (TPSA) is 86.3 Å². The van der Waals surface area contributed by atoms with E-state index in [1.807, 2.05) is 45.2 Å². The molecular formula is C18H21N5O3. The van der Waals surface area contributed by atoms with E-state index in [-0.39, 0.29) is 5.69 Å². The summed E-state index contributed by atoms with van der Waals surface area (Å²) in [4.78, 5) is 16.7. The second kappa shape index (κ2) is 7.49. The smallest absolute Gasteiger partial charge is 0.288 e. The minimum absolute atomic E-state index is 0.0277. The standard InChI is InChI=1S/C18H21N5O3/c1-13-5-4-6-16(9-13)26-8-7-21(3)12-22-18-17(14(2)20-22)10-15(11-19-18)23(24)25/h4-6,9-11H,7-8,12H2,1-3H3. The first-order valence-electron chi connectivity index (χ1n) is 8.29. The summed E-state index contributed by atoms with van der Waals surface area (Å²) < 4.78 is 7.52. The van der Waals surface area contributed by atoms with Gasteiger partial charge >= 0.3 is 0 Å². The lowest BCUT2D eigenvalue weighted by Gasteiger charge is -2.17. The second-order valence-corrected chi connectivity index (χ2v) is 6.29. The fourth-order valence-electron chi connectivity index (χ4n) is 2.72. The fraction of sp³-hybridized carbons (Fsp3) is 0.333. The van der Waals surface area contributed by atoms with Crippen LogP contribution in [0.15, 0.2) is 36.5 Å². The lowest BCUT2D eigenvalue weighted by molar-refractivity contribution is -0.385. The van der Waals surface area contributed by atoms with Crippen LogP contribution in [0.4, 0.5) is 5.69 Å². The SMILES string of the molecule is Cc1cccc(OCCN(C)Cn2nc(C)c3cc([N+](=O)[O-])cnc32)c1. The van der Waals surface area contributed by atoms with Crippen molar-refractivity contribution in [2.45, 2.75) is 20.5 Å². The van der Waals surface area contributed by atoms with Crippen molar-refractivity contribution in [1.29, 1.82) is 0 Å². The average Bonchev–Trinajstić information content (AvgIpc) is 2.90. The van der Waals surface area contributed by atoms with Gasteiger partial charge in [-0.05, 0) is 38.6 Å². The van der Waals surface area contributed by atoms with E-state index >= 15 is 0 Å². The molecule has 0 aliphatic heterocycles. The third kappa shape index (κ3) is 3.97. The van der Waals surface area contributed by atoms with Crippen molar-refractivity contribution in [1.82, 2.24) is 19.7 Å². The van der Waals surface area contributed by atoms with E-state index in [2.05, 4.69) is 15.0 Å². The maximum absolute atomic E-state index is 10.9. The monoisotopic (exact) mass is 355 g/mol. The van der Waals surface area contributed by atoms with Crippen LogP contribution in [0, 0.1) is 24.0 Å². The molecule has 1 aromatic carbocycles. The van der Waals surface area contributed by atoms with Gasteiger partial charge in [0, 0.05) is 18.0 Å². The first-order chi connectivity index (χ1) is 12.4. The van der Waals surface area contributed by atoms with Crippen LogP contribution in [0.25, 0.3) is 11.0 Å². The third-order valence-corrected chi connectivity index (χ3v) is 4.07. The minimum atomic E-state index is -0.446. The highest BCUT2D eigenvalue weighted by Crippen LogP contribution is 2.21. The van der Waals surface area contributed by atoms with Gasteiger partial charge in [-0.2, -0.15) is 5.10 Å². The van der Waals surface area contributed by atoms with Crippen LogP contribution in [-0.4, -0.2) is 44.8 Å². The maximum Gasteiger partial charge on any atom is 0.288 e. The molecule has 0 radical (unpaired) electrons. The van der Waals surface area contributed by atoms with Gasteiger partial charge in [-0.1, -0.05) is 12.1 Å². The molecule has 0 amide bonds. The summed E-state index contributed by atoms with van der Waals surface area (Å²) in [6.45, 7) is 5.64. The van der Waals surface area contributed by atoms with Crippen LogP contribution >= 0.6 is 0 Å². The number of nitrogens with zero attached hydrogens (tertiary/aromatic N) is 5. The molecule has 8 heteroatoms. The molecule has 3 rings (SSSR count). The predicted octanol–water partition coefficient (Wildman–Crippen LogP) is 2.92. The first-order valence-corrected chi connectivity index (χ1v) is 8.29. The van der Waals surface area contributed by atoms with Crippen molar-refractivity contribution >= 4 is 16.7 Å². The van der Waals surface area contributed by atoms with Crippen molar-refractivity contribution in [3.8, 4) is 5.75 Å². The van der Waals surface area contributed by atoms with E-state index in [1.165, 1.54) is 12.3 Å². The maximum atomic E-state index is 10.9. The zero-order valence-electron chi connectivity index (χ0n) is 15.0. The van der Waals surface area contributed by atoms with Crippen LogP contribution < -0.4 is 4.74 Å². The molecule has 2 aromatic heterocycles. The van der Waals surface area contributed by atoms with E-state index < -0.39 is 4.92 Å². The Hall–Kier alpha value is -3.00. The molecule has 0 unspecified atom stereocenters. The molecule has 0 fully saturated rings. The third-order valence-electron chi connectivity index (χ3n) is 4.07. The molecule has 0 saturated heterocycles. The van der Waals surface area contributed by atoms with Crippen molar-refractivity contribution in [2.75, 3.05) is 20.2 Å². The number of hydrogen-bond donors (Lipinski definition) is 0. The zero-order valence-corrected chi connectivity index (χ0v) is 15.0. The number of nitro groups is 1. The number of benzene rings is 1. The number of aromatic nitrogens is 3. The Morgan fingerprint density at radius 2 is 2.12 bits per heavy atom. The van der Waals surface area contributed by atoms with E-state index in [0.29, 0.717) is 30.9 Å². The van der Waals surface area contributed by atoms with Crippen LogP contribution in [0.2, 0.25) is 0 Å². The van der Waals surface area contributed by atoms with Gasteiger partial charge in [-0.25, -0.2) is 9.67 Å². The fourth-order valence-corrected chi connectivity index (χ4v) is 2.72. The van der Waals surface area contributed by atoms with Crippen molar-refractivity contribution < 1.29 is 9.66 Å². The zero-order chi connectivity index (χ0) is 18.7. The molecule has 3 aromatic rings. The molecule has 0 N–H and O–H groups in total. The Bertz CT molecular complexity index is 938. The van der Waals surface area contributed by atoms with E-state index in [4.69, 9.17) is 4.74 Å². The highest BCUT2D eigenvalue weighted by Gasteiger charge is 2.15. The summed E-state index contributed by atoms with van der Waals surface area (Å²) in [5, 5.41) is 16.1. The van der Waals surface area contributed by atoms with Gasteiger partial charge in [-0.15, -0.1) is 0 Å². The summed E-state index contributed by atoms with van der Waals surface area (Å²) in [5.41, 5.74) is 2.50. The van der Waals surface area contributed by atoms with Crippen LogP contribution in [0.5, 0.6) is 5.75 Å². The first kappa shape index (κ1) is 17.8. The summed E-state index contributed by atoms with van der Waals surface area (Å²) in [7, 11) is 1.97. The average molecular weight is 355 g/mol. The van der Waals surface area contributed by atoms with Gasteiger partial charge in [0.1, 0.15) is 18.6 Å². The normalized spacial score (nSPS) is 11.2. The van der Waals surface area contributed by atoms with Gasteiger partial charge in [-0.3, -0.25) is 15.0 Å². The van der Waals surface area contributed by atoms with Gasteiger partial charge in [0.2, 0.25) is 0 Å². The number of aryl methyl sites for hydroxylation is 2. The molecular weight excluding hydrogens is 334 g/mol. The van der Waals surface area contributed by atoms with Gasteiger partial charge in [0.25, 0.3) is 5.69 Å². The molecule has 136 valence electrons. The molecule has 0 bridgehead atoms. The molecule has 0 saturated carbocycles. The Morgan fingerprint density at radius 1 is 1.31 bits per heavy atom. The lowest BCUT2D eigenvalue weighted by atomic mass is 10.2. The van der Waals surface area contributed by atoms with E-state index in [0.717, 1.165) is 17.0 Å². The molecule has 8 nitrogen and oxygen atoms in total. The lowest BCUT2D eigenvalue weighted by Crippen LogP contribution is -2.27. The Kier molecular flexibility index (Phi) is 5.13. The summed E-state index contributed by atoms with van der Waals surface area (Å²) in [6, 6.07) is 9.46. The summed E-state index contributed by atoms with van der Waals surface area (Å²) in [6.07, 6.45) is 1.26. The Morgan fingerprint density at radius 3 is 2.85 bits per heavy atom. The van der Waals surface area contributed by atoms with Crippen molar-refractivity contribution in [3.63, 3.8) is 0 Å². The number of likely N-dealkylation sites (N-methyl/N-ethyl adjacent to an activating group) is 1. The second-order valence-electron chi connectivity index (χ2n) is 6.29. The number of fused-ring (bicyclic) bond motifs is 1. The quantitative estimate of drug-likeness (QED) is 0.478. The summed E-state index contributed by atoms with van der Waals surface area (Å²) >= 11 is 0. The molecule has 0 spiro atoms. The molecule has 0 aliphatic carbocycles. The van der Waals surface area contributed by atoms with Crippen LogP contribution in [0.3, 0.4) is 0 Å². The molecule has 2 heterocycles. The largest absolute Gasteiger partial charge is 0.492 e. The number of pyridine rings is 1. The number of rotatable bonds is 7. The van der Waals surface area contributed by atoms with Gasteiger partial charge in [0.05, 0.1) is 17.3 Å². The minimum Gasteiger partial charge on any atom is -0.492 e. The number of ether oxygens (including phenoxy) is 1. The van der Waals surface area contributed by atoms with Crippen LogP contribution in [0.1, 0.15) is 11.3 Å². The van der Waals surface area contributed by atoms with Crippen molar-refractivity contribution in [2.24, 2.45) is 0 Å². The Labute approximate surface area is 151 Å². The molecule has 0 atom stereocenters. The van der Waals surface area contributed by atoms with Gasteiger partial charge < -0.3 is 4.74 Å².